The maximum Gasteiger partial charge on any atom is 0.341 e. The number of amides is 2. The lowest BCUT2D eigenvalue weighted by molar-refractivity contribution is -0.146. The van der Waals surface area contributed by atoms with Gasteiger partial charge in [0.05, 0.1) is 20.3 Å². The fraction of sp³-hybridized carbons (Fsp3) is 0.471. The molecule has 2 atom stereocenters. The number of rotatable bonds is 7. The molecule has 0 fully saturated rings. The Morgan fingerprint density at radius 1 is 1.32 bits per heavy atom. The van der Waals surface area contributed by atoms with Crippen molar-refractivity contribution in [2.75, 3.05) is 32.8 Å². The molecule has 1 aromatic rings. The maximum atomic E-state index is 12.6. The first kappa shape index (κ1) is 19.1. The predicted molar refractivity (Wildman–Crippen MR) is 96.8 cm³/mol. The molecule has 0 radical (unpaired) electrons. The SMILES string of the molecule is COc1ccc(OC)c(C2NC(=O)N=C(C)C2C(=O)OCCSC)c1. The van der Waals surface area contributed by atoms with E-state index < -0.39 is 24.0 Å². The lowest BCUT2D eigenvalue weighted by atomic mass is 9.87. The third-order valence-electron chi connectivity index (χ3n) is 3.90. The maximum absolute atomic E-state index is 12.6. The number of hydrogen-bond donors (Lipinski definition) is 1. The average molecular weight is 366 g/mol. The number of thioether (sulfide) groups is 1. The second kappa shape index (κ2) is 8.75. The molecule has 1 aromatic carbocycles. The minimum Gasteiger partial charge on any atom is -0.497 e. The van der Waals surface area contributed by atoms with Crippen molar-refractivity contribution < 1.29 is 23.8 Å². The van der Waals surface area contributed by atoms with Crippen LogP contribution in [0.1, 0.15) is 18.5 Å². The van der Waals surface area contributed by atoms with Crippen LogP contribution in [0.15, 0.2) is 23.2 Å². The Morgan fingerprint density at radius 3 is 2.72 bits per heavy atom. The highest BCUT2D eigenvalue weighted by Crippen LogP contribution is 2.36. The summed E-state index contributed by atoms with van der Waals surface area (Å²) in [6.07, 6.45) is 1.94. The molecule has 1 N–H and O–H groups in total. The van der Waals surface area contributed by atoms with Gasteiger partial charge in [-0.3, -0.25) is 4.79 Å². The van der Waals surface area contributed by atoms with Crippen LogP contribution in [0.3, 0.4) is 0 Å². The van der Waals surface area contributed by atoms with E-state index in [-0.39, 0.29) is 0 Å². The van der Waals surface area contributed by atoms with Crippen molar-refractivity contribution >= 4 is 29.5 Å². The zero-order chi connectivity index (χ0) is 18.4. The van der Waals surface area contributed by atoms with E-state index in [1.165, 1.54) is 7.11 Å². The number of nitrogens with zero attached hydrogens (tertiary/aromatic N) is 1. The second-order valence-electron chi connectivity index (χ2n) is 5.43. The zero-order valence-electron chi connectivity index (χ0n) is 14.7. The molecule has 0 saturated carbocycles. The first-order valence-corrected chi connectivity index (χ1v) is 9.14. The van der Waals surface area contributed by atoms with Gasteiger partial charge in [0, 0.05) is 17.0 Å². The smallest absolute Gasteiger partial charge is 0.341 e. The van der Waals surface area contributed by atoms with Crippen molar-refractivity contribution in [3.63, 3.8) is 0 Å². The Kier molecular flexibility index (Phi) is 6.69. The molecule has 1 heterocycles. The standard InChI is InChI=1S/C17H22N2O5S/c1-10-14(16(20)24-7-8-25-4)15(19-17(21)18-10)12-9-11(22-2)5-6-13(12)23-3/h5-6,9,14-15H,7-8H2,1-4H3,(H,19,21). The van der Waals surface area contributed by atoms with Crippen LogP contribution in [0.25, 0.3) is 0 Å². The number of ether oxygens (including phenoxy) is 3. The van der Waals surface area contributed by atoms with Crippen molar-refractivity contribution in [1.82, 2.24) is 5.32 Å². The Labute approximate surface area is 151 Å². The molecule has 2 rings (SSSR count). The van der Waals surface area contributed by atoms with Crippen molar-refractivity contribution in [2.24, 2.45) is 10.9 Å². The number of urea groups is 1. The molecule has 0 aliphatic carbocycles. The molecular formula is C17H22N2O5S. The van der Waals surface area contributed by atoms with Gasteiger partial charge in [0.15, 0.2) is 0 Å². The van der Waals surface area contributed by atoms with E-state index in [1.807, 2.05) is 6.26 Å². The van der Waals surface area contributed by atoms with Crippen molar-refractivity contribution in [3.05, 3.63) is 23.8 Å². The molecule has 0 bridgehead atoms. The van der Waals surface area contributed by atoms with E-state index in [1.54, 1.807) is 44.0 Å². The Hall–Kier alpha value is -2.22. The molecule has 1 aliphatic heterocycles. The molecule has 0 saturated heterocycles. The van der Waals surface area contributed by atoms with Crippen LogP contribution < -0.4 is 14.8 Å². The number of aliphatic imine (C=N–C) groups is 1. The number of hydrogen-bond acceptors (Lipinski definition) is 6. The average Bonchev–Trinajstić information content (AvgIpc) is 2.60. The normalized spacial score (nSPS) is 19.7. The molecule has 0 spiro atoms. The summed E-state index contributed by atoms with van der Waals surface area (Å²) >= 11 is 1.59. The van der Waals surface area contributed by atoms with E-state index in [0.29, 0.717) is 35.1 Å². The Balaban J connectivity index is 2.40. The van der Waals surface area contributed by atoms with E-state index in [0.717, 1.165) is 0 Å². The number of methoxy groups -OCH3 is 2. The minimum atomic E-state index is -0.722. The van der Waals surface area contributed by atoms with Crippen molar-refractivity contribution in [2.45, 2.75) is 13.0 Å². The van der Waals surface area contributed by atoms with Gasteiger partial charge in [0.2, 0.25) is 0 Å². The lowest BCUT2D eigenvalue weighted by Crippen LogP contribution is -2.44. The quantitative estimate of drug-likeness (QED) is 0.589. The van der Waals surface area contributed by atoms with Gasteiger partial charge in [-0.05, 0) is 31.4 Å². The van der Waals surface area contributed by atoms with E-state index in [9.17, 15) is 9.59 Å². The molecule has 2 unspecified atom stereocenters. The van der Waals surface area contributed by atoms with Crippen molar-refractivity contribution in [1.29, 1.82) is 0 Å². The monoisotopic (exact) mass is 366 g/mol. The van der Waals surface area contributed by atoms with Crippen LogP contribution in [0.4, 0.5) is 4.79 Å². The lowest BCUT2D eigenvalue weighted by Gasteiger charge is -2.30. The number of benzene rings is 1. The van der Waals surface area contributed by atoms with Gasteiger partial charge in [0.1, 0.15) is 24.0 Å². The molecule has 1 aliphatic rings. The highest BCUT2D eigenvalue weighted by molar-refractivity contribution is 7.98. The fourth-order valence-corrected chi connectivity index (χ4v) is 2.93. The summed E-state index contributed by atoms with van der Waals surface area (Å²) in [5, 5.41) is 2.74. The topological polar surface area (TPSA) is 86.2 Å². The van der Waals surface area contributed by atoms with Gasteiger partial charge in [0.25, 0.3) is 0 Å². The van der Waals surface area contributed by atoms with Crippen LogP contribution >= 0.6 is 11.8 Å². The first-order chi connectivity index (χ1) is 12.0. The van der Waals surface area contributed by atoms with E-state index >= 15 is 0 Å². The largest absolute Gasteiger partial charge is 0.497 e. The summed E-state index contributed by atoms with van der Waals surface area (Å²) in [5.74, 6) is 0.696. The highest BCUT2D eigenvalue weighted by atomic mass is 32.2. The third-order valence-corrected chi connectivity index (χ3v) is 4.47. The van der Waals surface area contributed by atoms with Gasteiger partial charge in [-0.1, -0.05) is 0 Å². The minimum absolute atomic E-state index is 0.305. The van der Waals surface area contributed by atoms with Crippen LogP contribution in [0.5, 0.6) is 11.5 Å². The van der Waals surface area contributed by atoms with Gasteiger partial charge in [-0.25, -0.2) is 9.79 Å². The summed E-state index contributed by atoms with van der Waals surface area (Å²) in [6, 6.07) is 4.08. The number of carbonyl (C=O) groups excluding carboxylic acids is 2. The highest BCUT2D eigenvalue weighted by Gasteiger charge is 2.39. The third kappa shape index (κ3) is 4.45. The number of esters is 1. The van der Waals surface area contributed by atoms with Crippen LogP contribution in [-0.4, -0.2) is 50.5 Å². The number of nitrogens with one attached hydrogen (secondary N) is 1. The fourth-order valence-electron chi connectivity index (χ4n) is 2.68. The van der Waals surface area contributed by atoms with Gasteiger partial charge < -0.3 is 19.5 Å². The second-order valence-corrected chi connectivity index (χ2v) is 6.41. The van der Waals surface area contributed by atoms with Gasteiger partial charge >= 0.3 is 12.0 Å². The number of carbonyl (C=O) groups is 2. The van der Waals surface area contributed by atoms with Crippen LogP contribution in [-0.2, 0) is 9.53 Å². The summed E-state index contributed by atoms with van der Waals surface area (Å²) in [4.78, 5) is 28.4. The summed E-state index contributed by atoms with van der Waals surface area (Å²) in [5.41, 5.74) is 1.05. The predicted octanol–water partition coefficient (Wildman–Crippen LogP) is 2.45. The summed E-state index contributed by atoms with van der Waals surface area (Å²) in [7, 11) is 3.08. The molecule has 0 aromatic heterocycles. The molecule has 8 heteroatoms. The summed E-state index contributed by atoms with van der Waals surface area (Å²) in [6.45, 7) is 1.96. The molecule has 7 nitrogen and oxygen atoms in total. The molecular weight excluding hydrogens is 344 g/mol. The van der Waals surface area contributed by atoms with E-state index in [4.69, 9.17) is 14.2 Å². The molecule has 136 valence electrons. The van der Waals surface area contributed by atoms with E-state index in [2.05, 4.69) is 10.3 Å². The Bertz CT molecular complexity index is 677. The van der Waals surface area contributed by atoms with Crippen LogP contribution in [0.2, 0.25) is 0 Å². The van der Waals surface area contributed by atoms with Gasteiger partial charge in [-0.2, -0.15) is 11.8 Å². The zero-order valence-corrected chi connectivity index (χ0v) is 15.5. The first-order valence-electron chi connectivity index (χ1n) is 7.75. The molecule has 25 heavy (non-hydrogen) atoms. The van der Waals surface area contributed by atoms with Crippen LogP contribution in [0, 0.1) is 5.92 Å². The molecule has 2 amide bonds. The van der Waals surface area contributed by atoms with Gasteiger partial charge in [-0.15, -0.1) is 0 Å². The summed E-state index contributed by atoms with van der Waals surface area (Å²) < 4.78 is 16.0. The van der Waals surface area contributed by atoms with Crippen molar-refractivity contribution in [3.8, 4) is 11.5 Å². The Morgan fingerprint density at radius 2 is 2.08 bits per heavy atom.